The zero-order chi connectivity index (χ0) is 23.2. The number of ether oxygens (including phenoxy) is 1. The van der Waals surface area contributed by atoms with Crippen molar-refractivity contribution in [3.63, 3.8) is 0 Å². The van der Waals surface area contributed by atoms with Crippen LogP contribution in [0.15, 0.2) is 30.3 Å². The van der Waals surface area contributed by atoms with Crippen molar-refractivity contribution in [3.8, 4) is 17.1 Å². The zero-order valence-electron chi connectivity index (χ0n) is 18.2. The van der Waals surface area contributed by atoms with E-state index in [1.807, 2.05) is 30.5 Å². The Bertz CT molecular complexity index is 1180. The molecule has 1 N–H and O–H groups in total. The van der Waals surface area contributed by atoms with E-state index in [1.165, 1.54) is 0 Å². The van der Waals surface area contributed by atoms with Crippen LogP contribution in [0.3, 0.4) is 0 Å². The van der Waals surface area contributed by atoms with Gasteiger partial charge in [0.15, 0.2) is 34.6 Å². The van der Waals surface area contributed by atoms with Crippen LogP contribution in [0, 0.1) is 17.6 Å². The van der Waals surface area contributed by atoms with Gasteiger partial charge < -0.3 is 14.6 Å². The molecule has 32 heavy (non-hydrogen) atoms. The number of carbonyl (C=O) groups excluding carboxylic acids is 1. The summed E-state index contributed by atoms with van der Waals surface area (Å²) in [6.45, 7) is 8.46. The number of nitrogens with one attached hydrogen (secondary N) is 1. The maximum absolute atomic E-state index is 14.4. The normalized spacial score (nSPS) is 13.4. The van der Waals surface area contributed by atoms with Crippen molar-refractivity contribution in [3.05, 3.63) is 63.9 Å². The van der Waals surface area contributed by atoms with Gasteiger partial charge in [0.2, 0.25) is 0 Å². The SMILES string of the molecule is CC(C)Cn1c(-c2ccc3c(c2)CNC3=O)nnc1C(C)(C)Oc1c(F)cc(Cl)cc1F. The van der Waals surface area contributed by atoms with Crippen molar-refractivity contribution < 1.29 is 18.3 Å². The highest BCUT2D eigenvalue weighted by Crippen LogP contribution is 2.34. The Morgan fingerprint density at radius 1 is 1.19 bits per heavy atom. The Kier molecular flexibility index (Phi) is 5.67. The largest absolute Gasteiger partial charge is 0.474 e. The Balaban J connectivity index is 1.77. The van der Waals surface area contributed by atoms with E-state index >= 15 is 0 Å². The van der Waals surface area contributed by atoms with Crippen LogP contribution in [0.4, 0.5) is 8.78 Å². The minimum Gasteiger partial charge on any atom is -0.474 e. The smallest absolute Gasteiger partial charge is 0.251 e. The summed E-state index contributed by atoms with van der Waals surface area (Å²) in [5.74, 6) is -1.17. The van der Waals surface area contributed by atoms with Gasteiger partial charge in [-0.1, -0.05) is 31.5 Å². The lowest BCUT2D eigenvalue weighted by atomic mass is 10.0. The predicted molar refractivity (Wildman–Crippen MR) is 116 cm³/mol. The number of hydrogen-bond donors (Lipinski definition) is 1. The van der Waals surface area contributed by atoms with E-state index < -0.39 is 23.0 Å². The summed E-state index contributed by atoms with van der Waals surface area (Å²) >= 11 is 5.73. The molecule has 1 aliphatic rings. The van der Waals surface area contributed by atoms with Crippen LogP contribution in [0.5, 0.6) is 5.75 Å². The molecular formula is C23H23ClF2N4O2. The van der Waals surface area contributed by atoms with Gasteiger partial charge in [0.25, 0.3) is 5.91 Å². The van der Waals surface area contributed by atoms with Gasteiger partial charge in [0, 0.05) is 29.2 Å². The first kappa shape index (κ1) is 22.2. The number of halogens is 3. The first-order valence-electron chi connectivity index (χ1n) is 10.3. The number of aromatic nitrogens is 3. The van der Waals surface area contributed by atoms with Crippen LogP contribution >= 0.6 is 11.6 Å². The molecule has 6 nitrogen and oxygen atoms in total. The molecule has 0 spiro atoms. The maximum Gasteiger partial charge on any atom is 0.251 e. The second-order valence-electron chi connectivity index (χ2n) is 8.72. The third-order valence-corrected chi connectivity index (χ3v) is 5.42. The molecule has 1 amide bonds. The Morgan fingerprint density at radius 3 is 2.53 bits per heavy atom. The van der Waals surface area contributed by atoms with E-state index in [0.29, 0.717) is 30.3 Å². The zero-order valence-corrected chi connectivity index (χ0v) is 18.9. The third kappa shape index (κ3) is 4.07. The minimum absolute atomic E-state index is 0.0556. The van der Waals surface area contributed by atoms with Crippen molar-refractivity contribution in [1.82, 2.24) is 20.1 Å². The molecule has 2 heterocycles. The lowest BCUT2D eigenvalue weighted by Crippen LogP contribution is -2.31. The van der Waals surface area contributed by atoms with Crippen molar-refractivity contribution >= 4 is 17.5 Å². The second-order valence-corrected chi connectivity index (χ2v) is 9.15. The van der Waals surface area contributed by atoms with Crippen molar-refractivity contribution in [2.75, 3.05) is 0 Å². The summed E-state index contributed by atoms with van der Waals surface area (Å²) < 4.78 is 36.4. The summed E-state index contributed by atoms with van der Waals surface area (Å²) in [4.78, 5) is 11.9. The minimum atomic E-state index is -1.20. The first-order chi connectivity index (χ1) is 15.1. The molecule has 0 fully saturated rings. The predicted octanol–water partition coefficient (Wildman–Crippen LogP) is 5.09. The molecule has 0 bridgehead atoms. The molecule has 0 unspecified atom stereocenters. The maximum atomic E-state index is 14.4. The van der Waals surface area contributed by atoms with E-state index in [4.69, 9.17) is 16.3 Å². The van der Waals surface area contributed by atoms with Gasteiger partial charge in [-0.15, -0.1) is 10.2 Å². The van der Waals surface area contributed by atoms with E-state index in [9.17, 15) is 13.6 Å². The number of amides is 1. The fourth-order valence-electron chi connectivity index (χ4n) is 3.80. The van der Waals surface area contributed by atoms with E-state index in [2.05, 4.69) is 15.5 Å². The molecule has 0 saturated heterocycles. The third-order valence-electron chi connectivity index (χ3n) is 5.20. The standard InChI is InChI=1S/C23H23ClF2N4O2/c1-12(2)11-30-20(13-5-6-16-14(7-13)10-27-21(16)31)28-29-22(30)23(3,4)32-19-17(25)8-15(24)9-18(19)26/h5-9,12H,10-11H2,1-4H3,(H,27,31). The monoisotopic (exact) mass is 460 g/mol. The van der Waals surface area contributed by atoms with E-state index in [0.717, 1.165) is 23.3 Å². The topological polar surface area (TPSA) is 69.0 Å². The van der Waals surface area contributed by atoms with Gasteiger partial charge in [0.1, 0.15) is 0 Å². The molecular weight excluding hydrogens is 438 g/mol. The molecule has 0 atom stereocenters. The molecule has 0 saturated carbocycles. The number of nitrogens with zero attached hydrogens (tertiary/aromatic N) is 3. The number of benzene rings is 2. The van der Waals surface area contributed by atoms with Gasteiger partial charge in [-0.25, -0.2) is 8.78 Å². The van der Waals surface area contributed by atoms with Crippen molar-refractivity contribution in [2.45, 2.75) is 46.4 Å². The lowest BCUT2D eigenvalue weighted by molar-refractivity contribution is 0.0818. The molecule has 3 aromatic rings. The molecule has 1 aliphatic heterocycles. The summed E-state index contributed by atoms with van der Waals surface area (Å²) in [6, 6.07) is 7.49. The first-order valence-corrected chi connectivity index (χ1v) is 10.6. The van der Waals surface area contributed by atoms with Crippen LogP contribution in [0.2, 0.25) is 5.02 Å². The van der Waals surface area contributed by atoms with E-state index in [1.54, 1.807) is 19.9 Å². The van der Waals surface area contributed by atoms with Crippen LogP contribution in [-0.2, 0) is 18.7 Å². The summed E-state index contributed by atoms with van der Waals surface area (Å²) in [5.41, 5.74) is 1.11. The van der Waals surface area contributed by atoms with Crippen LogP contribution in [0.1, 0.15) is 49.4 Å². The van der Waals surface area contributed by atoms with Gasteiger partial charge >= 0.3 is 0 Å². The average Bonchev–Trinajstić information content (AvgIpc) is 3.28. The van der Waals surface area contributed by atoms with Gasteiger partial charge in [-0.2, -0.15) is 0 Å². The van der Waals surface area contributed by atoms with Crippen LogP contribution < -0.4 is 10.1 Å². The van der Waals surface area contributed by atoms with Crippen LogP contribution in [0.25, 0.3) is 11.4 Å². The van der Waals surface area contributed by atoms with E-state index in [-0.39, 0.29) is 16.8 Å². The summed E-state index contributed by atoms with van der Waals surface area (Å²) in [6.07, 6.45) is 0. The number of fused-ring (bicyclic) bond motifs is 1. The number of carbonyl (C=O) groups is 1. The Labute approximate surface area is 189 Å². The summed E-state index contributed by atoms with van der Waals surface area (Å²) in [5, 5.41) is 11.4. The fraction of sp³-hybridized carbons (Fsp3) is 0.348. The quantitative estimate of drug-likeness (QED) is 0.556. The molecule has 1 aromatic heterocycles. The van der Waals surface area contributed by atoms with Gasteiger partial charge in [-0.3, -0.25) is 4.79 Å². The Morgan fingerprint density at radius 2 is 1.88 bits per heavy atom. The van der Waals surface area contributed by atoms with Crippen molar-refractivity contribution in [1.29, 1.82) is 0 Å². The number of hydrogen-bond acceptors (Lipinski definition) is 4. The number of rotatable bonds is 6. The molecule has 2 aromatic carbocycles. The highest BCUT2D eigenvalue weighted by Gasteiger charge is 2.34. The van der Waals surface area contributed by atoms with Gasteiger partial charge in [-0.05, 0) is 49.6 Å². The molecule has 0 radical (unpaired) electrons. The molecule has 0 aliphatic carbocycles. The highest BCUT2D eigenvalue weighted by atomic mass is 35.5. The average molecular weight is 461 g/mol. The van der Waals surface area contributed by atoms with Crippen LogP contribution in [-0.4, -0.2) is 20.7 Å². The fourth-order valence-corrected chi connectivity index (χ4v) is 3.99. The van der Waals surface area contributed by atoms with Crippen molar-refractivity contribution in [2.24, 2.45) is 5.92 Å². The molecule has 9 heteroatoms. The summed E-state index contributed by atoms with van der Waals surface area (Å²) in [7, 11) is 0. The Hall–Kier alpha value is -3.00. The lowest BCUT2D eigenvalue weighted by Gasteiger charge is -2.27. The molecule has 4 rings (SSSR count). The molecule has 168 valence electrons. The highest BCUT2D eigenvalue weighted by molar-refractivity contribution is 6.30. The van der Waals surface area contributed by atoms with Gasteiger partial charge in [0.05, 0.1) is 0 Å². The second kappa shape index (κ2) is 8.16.